The van der Waals surface area contributed by atoms with Gasteiger partial charge in [0.15, 0.2) is 0 Å². The predicted octanol–water partition coefficient (Wildman–Crippen LogP) is 13.9. The van der Waals surface area contributed by atoms with E-state index in [4.69, 9.17) is 4.99 Å². The molecule has 0 N–H and O–H groups in total. The van der Waals surface area contributed by atoms with Crippen molar-refractivity contribution in [2.45, 2.75) is 12.3 Å². The second-order valence-corrected chi connectivity index (χ2v) is 16.2. The Morgan fingerprint density at radius 2 is 1.08 bits per heavy atom. The lowest BCUT2D eigenvalue weighted by atomic mass is 9.70. The van der Waals surface area contributed by atoms with Crippen molar-refractivity contribution in [3.63, 3.8) is 0 Å². The van der Waals surface area contributed by atoms with E-state index in [1.54, 1.807) is 0 Å². The molecule has 2 heterocycles. The summed E-state index contributed by atoms with van der Waals surface area (Å²) < 4.78 is 2.38. The van der Waals surface area contributed by atoms with Gasteiger partial charge in [0, 0.05) is 40.2 Å². The molecule has 0 saturated heterocycles. The standard InChI is InChI=1S/C58H41N3/c1-3-4-27-51-55(57-59-56(38-19-7-5-8-20-38)45-26-14-17-30-52(45)60(57)2)47-37-39(32-34-50(47)58(51)48-28-15-11-23-42(48)43-24-12-16-29-49(43)58)40-33-35-54-46(36-40)44-25-13-18-31-53(44)61(54)41-21-9-6-10-22-41/h3-37H,1-2H3/b4-3-,51-27+,57-55-. The molecule has 1 spiro atoms. The Kier molecular flexibility index (Phi) is 7.88. The number of nitrogens with zero attached hydrogens (tertiary/aromatic N) is 3. The Balaban J connectivity index is 1.17. The summed E-state index contributed by atoms with van der Waals surface area (Å²) in [4.78, 5) is 8.06. The van der Waals surface area contributed by atoms with Crippen LogP contribution < -0.4 is 4.90 Å². The molecule has 3 heteroatoms. The first-order chi connectivity index (χ1) is 30.2. The summed E-state index contributed by atoms with van der Waals surface area (Å²) in [5.41, 5.74) is 19.7. The van der Waals surface area contributed by atoms with E-state index in [-0.39, 0.29) is 0 Å². The molecule has 12 rings (SSSR count). The molecule has 288 valence electrons. The fraction of sp³-hybridized carbons (Fsp3) is 0.0517. The first kappa shape index (κ1) is 35.2. The minimum absolute atomic E-state index is 0.559. The summed E-state index contributed by atoms with van der Waals surface area (Å²) in [5, 5.41) is 2.48. The van der Waals surface area contributed by atoms with Crippen LogP contribution in [0.2, 0.25) is 0 Å². The molecule has 0 bridgehead atoms. The van der Waals surface area contributed by atoms with Crippen LogP contribution in [-0.4, -0.2) is 17.3 Å². The number of aliphatic imine (C=N–C) groups is 1. The Morgan fingerprint density at radius 3 is 1.84 bits per heavy atom. The summed E-state index contributed by atoms with van der Waals surface area (Å²) in [6, 6.07) is 71.0. The van der Waals surface area contributed by atoms with Gasteiger partial charge in [0.2, 0.25) is 0 Å². The molecular formula is C58H41N3. The lowest BCUT2D eigenvalue weighted by Gasteiger charge is -2.33. The van der Waals surface area contributed by atoms with Gasteiger partial charge in [0.05, 0.1) is 27.8 Å². The van der Waals surface area contributed by atoms with E-state index >= 15 is 0 Å². The van der Waals surface area contributed by atoms with Crippen molar-refractivity contribution < 1.29 is 0 Å². The van der Waals surface area contributed by atoms with Crippen molar-refractivity contribution in [2.24, 2.45) is 4.99 Å². The third-order valence-electron chi connectivity index (χ3n) is 13.1. The third kappa shape index (κ3) is 5.01. The molecule has 9 aromatic rings. The molecule has 3 aliphatic rings. The van der Waals surface area contributed by atoms with Crippen LogP contribution in [0.5, 0.6) is 0 Å². The van der Waals surface area contributed by atoms with Crippen LogP contribution in [0.4, 0.5) is 5.69 Å². The molecule has 0 saturated carbocycles. The maximum absolute atomic E-state index is 5.74. The minimum atomic E-state index is -0.559. The van der Waals surface area contributed by atoms with E-state index in [2.05, 4.69) is 236 Å². The van der Waals surface area contributed by atoms with Crippen LogP contribution >= 0.6 is 0 Å². The number of fused-ring (bicyclic) bond motifs is 11. The highest BCUT2D eigenvalue weighted by Gasteiger charge is 2.54. The van der Waals surface area contributed by atoms with E-state index in [1.165, 1.54) is 71.9 Å². The number of hydrogen-bond acceptors (Lipinski definition) is 2. The van der Waals surface area contributed by atoms with Crippen LogP contribution in [0.15, 0.2) is 229 Å². The lowest BCUT2D eigenvalue weighted by Crippen LogP contribution is -2.28. The second-order valence-electron chi connectivity index (χ2n) is 16.2. The topological polar surface area (TPSA) is 20.5 Å². The zero-order valence-corrected chi connectivity index (χ0v) is 34.0. The van der Waals surface area contributed by atoms with E-state index in [1.807, 2.05) is 0 Å². The van der Waals surface area contributed by atoms with Crippen molar-refractivity contribution in [1.82, 2.24) is 4.57 Å². The van der Waals surface area contributed by atoms with Crippen molar-refractivity contribution in [2.75, 3.05) is 11.9 Å². The van der Waals surface area contributed by atoms with Crippen LogP contribution in [0.3, 0.4) is 0 Å². The van der Waals surface area contributed by atoms with Gasteiger partial charge in [-0.1, -0.05) is 170 Å². The fourth-order valence-corrected chi connectivity index (χ4v) is 10.6. The smallest absolute Gasteiger partial charge is 0.141 e. The minimum Gasteiger partial charge on any atom is -0.328 e. The zero-order valence-electron chi connectivity index (χ0n) is 34.0. The molecule has 0 radical (unpaired) electrons. The summed E-state index contributed by atoms with van der Waals surface area (Å²) in [6.45, 7) is 2.10. The van der Waals surface area contributed by atoms with Gasteiger partial charge in [-0.15, -0.1) is 0 Å². The Hall–Kier alpha value is -7.75. The van der Waals surface area contributed by atoms with Gasteiger partial charge >= 0.3 is 0 Å². The average molecular weight is 780 g/mol. The van der Waals surface area contributed by atoms with Crippen LogP contribution in [-0.2, 0) is 5.41 Å². The number of hydrogen-bond donors (Lipinski definition) is 0. The van der Waals surface area contributed by atoms with Crippen molar-refractivity contribution >= 4 is 38.8 Å². The molecule has 61 heavy (non-hydrogen) atoms. The molecular weight excluding hydrogens is 739 g/mol. The predicted molar refractivity (Wildman–Crippen MR) is 255 cm³/mol. The Labute approximate surface area is 356 Å². The lowest BCUT2D eigenvalue weighted by molar-refractivity contribution is 0.793. The second kappa shape index (κ2) is 13.7. The number of benzene rings is 8. The van der Waals surface area contributed by atoms with E-state index in [0.717, 1.165) is 39.6 Å². The molecule has 0 fully saturated rings. The molecule has 8 aromatic carbocycles. The normalized spacial score (nSPS) is 16.7. The van der Waals surface area contributed by atoms with E-state index in [0.29, 0.717) is 0 Å². The summed E-state index contributed by atoms with van der Waals surface area (Å²) in [7, 11) is 2.18. The average Bonchev–Trinajstić information content (AvgIpc) is 3.92. The molecule has 3 nitrogen and oxygen atoms in total. The molecule has 2 aliphatic carbocycles. The van der Waals surface area contributed by atoms with Crippen molar-refractivity contribution in [3.8, 4) is 27.9 Å². The van der Waals surface area contributed by atoms with E-state index < -0.39 is 5.41 Å². The van der Waals surface area contributed by atoms with Gasteiger partial charge in [-0.3, -0.25) is 0 Å². The van der Waals surface area contributed by atoms with Gasteiger partial charge < -0.3 is 9.47 Å². The summed E-state index contributed by atoms with van der Waals surface area (Å²) in [5.74, 6) is 0.937. The van der Waals surface area contributed by atoms with Gasteiger partial charge in [0.1, 0.15) is 5.82 Å². The Morgan fingerprint density at radius 1 is 0.492 bits per heavy atom. The van der Waals surface area contributed by atoms with Crippen LogP contribution in [0.25, 0.3) is 55.3 Å². The number of anilines is 1. The number of para-hydroxylation sites is 3. The molecule has 0 unspecified atom stereocenters. The monoisotopic (exact) mass is 779 g/mol. The largest absolute Gasteiger partial charge is 0.328 e. The van der Waals surface area contributed by atoms with Crippen molar-refractivity contribution in [1.29, 1.82) is 0 Å². The third-order valence-corrected chi connectivity index (χ3v) is 13.1. The number of aromatic nitrogens is 1. The molecule has 0 atom stereocenters. The first-order valence-corrected chi connectivity index (χ1v) is 21.2. The number of allylic oxidation sites excluding steroid dienone is 5. The first-order valence-electron chi connectivity index (χ1n) is 21.2. The molecule has 1 aliphatic heterocycles. The molecule has 0 amide bonds. The van der Waals surface area contributed by atoms with Crippen LogP contribution in [0.1, 0.15) is 40.3 Å². The van der Waals surface area contributed by atoms with Gasteiger partial charge in [0.25, 0.3) is 0 Å². The highest BCUT2D eigenvalue weighted by atomic mass is 15.2. The summed E-state index contributed by atoms with van der Waals surface area (Å²) in [6.07, 6.45) is 6.71. The van der Waals surface area contributed by atoms with Crippen molar-refractivity contribution in [3.05, 3.63) is 257 Å². The highest BCUT2D eigenvalue weighted by molar-refractivity contribution is 6.19. The Bertz CT molecular complexity index is 3330. The maximum atomic E-state index is 5.74. The zero-order chi connectivity index (χ0) is 40.7. The molecule has 1 aromatic heterocycles. The van der Waals surface area contributed by atoms with Gasteiger partial charge in [-0.25, -0.2) is 4.99 Å². The number of rotatable bonds is 4. The maximum Gasteiger partial charge on any atom is 0.141 e. The van der Waals surface area contributed by atoms with E-state index in [9.17, 15) is 0 Å². The van der Waals surface area contributed by atoms with Gasteiger partial charge in [-0.05, 0) is 99.5 Å². The highest BCUT2D eigenvalue weighted by Crippen LogP contribution is 2.65. The van der Waals surface area contributed by atoms with Crippen LogP contribution in [0, 0.1) is 0 Å². The van der Waals surface area contributed by atoms with Gasteiger partial charge in [-0.2, -0.15) is 0 Å². The SMILES string of the molecule is C\C=C/C=C1\C(=C2\N=C(c3ccccc3)c3ccccc3N2C)c2cc(-c3ccc4c(c3)c3ccccc3n4-c3ccccc3)ccc2C12c1ccccc1-c1ccccc12. The summed E-state index contributed by atoms with van der Waals surface area (Å²) >= 11 is 0. The quantitative estimate of drug-likeness (QED) is 0.174. The fourth-order valence-electron chi connectivity index (χ4n) is 10.6.